The summed E-state index contributed by atoms with van der Waals surface area (Å²) in [5, 5.41) is 20.5. The third-order valence-electron chi connectivity index (χ3n) is 5.76. The highest BCUT2D eigenvalue weighted by atomic mass is 32.2. The number of nitrogens with one attached hydrogen (secondary N) is 4. The largest absolute Gasteiger partial charge is 0.480 e. The summed E-state index contributed by atoms with van der Waals surface area (Å²) in [6, 6.07) is 5.63. The lowest BCUT2D eigenvalue weighted by Gasteiger charge is -2.15. The van der Waals surface area contributed by atoms with E-state index >= 15 is 8.78 Å². The predicted octanol–water partition coefficient (Wildman–Crippen LogP) is 2.32. The van der Waals surface area contributed by atoms with E-state index in [1.165, 1.54) is 6.07 Å². The maximum atomic E-state index is 15.5. The van der Waals surface area contributed by atoms with Crippen molar-refractivity contribution in [1.82, 2.24) is 15.7 Å². The van der Waals surface area contributed by atoms with Gasteiger partial charge in [0.25, 0.3) is 10.0 Å². The van der Waals surface area contributed by atoms with Crippen LogP contribution in [0.15, 0.2) is 41.4 Å². The van der Waals surface area contributed by atoms with Crippen molar-refractivity contribution in [3.63, 3.8) is 0 Å². The number of nitrogens with zero attached hydrogens (tertiary/aromatic N) is 2. The van der Waals surface area contributed by atoms with Crippen LogP contribution >= 0.6 is 0 Å². The number of carbonyl (C=O) groups is 1. The fraction of sp³-hybridized carbons (Fsp3) is 0.208. The Morgan fingerprint density at radius 3 is 2.69 bits per heavy atom. The van der Waals surface area contributed by atoms with E-state index in [9.17, 15) is 17.6 Å². The molecule has 0 saturated carbocycles. The molecular formula is C24H21F3N6O5S. The Kier molecular flexibility index (Phi) is 7.90. The zero-order valence-corrected chi connectivity index (χ0v) is 21.0. The number of aliphatic hydroxyl groups is 1. The lowest BCUT2D eigenvalue weighted by atomic mass is 9.97. The number of halogens is 3. The molecule has 4 rings (SSSR count). The second kappa shape index (κ2) is 11.2. The number of sulfonamides is 1. The van der Waals surface area contributed by atoms with Gasteiger partial charge in [-0.15, -0.1) is 0 Å². The number of nitriles is 1. The van der Waals surface area contributed by atoms with Crippen molar-refractivity contribution in [2.24, 2.45) is 0 Å². The Balaban J connectivity index is 1.71. The van der Waals surface area contributed by atoms with Crippen molar-refractivity contribution >= 4 is 27.3 Å². The molecule has 0 saturated heterocycles. The Hall–Kier alpha value is -4.39. The van der Waals surface area contributed by atoms with Crippen LogP contribution in [0.4, 0.5) is 24.5 Å². The van der Waals surface area contributed by atoms with Crippen LogP contribution in [0.2, 0.25) is 0 Å². The van der Waals surface area contributed by atoms with E-state index in [0.29, 0.717) is 6.42 Å². The number of hydrogen-bond acceptors (Lipinski definition) is 9. The van der Waals surface area contributed by atoms with Crippen molar-refractivity contribution in [1.29, 1.82) is 5.26 Å². The number of anilines is 2. The summed E-state index contributed by atoms with van der Waals surface area (Å²) in [4.78, 5) is 15.6. The van der Waals surface area contributed by atoms with E-state index in [2.05, 4.69) is 21.2 Å². The lowest BCUT2D eigenvalue weighted by Crippen LogP contribution is -2.36. The first kappa shape index (κ1) is 27.6. The van der Waals surface area contributed by atoms with Crippen molar-refractivity contribution < 1.29 is 36.2 Å². The number of aliphatic hydroxyl groups excluding tert-OH is 1. The van der Waals surface area contributed by atoms with Crippen LogP contribution in [0.25, 0.3) is 11.1 Å². The molecule has 1 atom stereocenters. The lowest BCUT2D eigenvalue weighted by molar-refractivity contribution is -0.123. The normalized spacial score (nSPS) is 14.2. The number of hydrogen-bond donors (Lipinski definition) is 5. The number of methoxy groups -OCH3 is 1. The quantitative estimate of drug-likeness (QED) is 0.246. The van der Waals surface area contributed by atoms with E-state index in [1.54, 1.807) is 6.07 Å². The van der Waals surface area contributed by atoms with Crippen LogP contribution in [-0.4, -0.2) is 44.7 Å². The number of carbonyl (C=O) groups excluding carboxylic acids is 1. The zero-order valence-electron chi connectivity index (χ0n) is 20.2. The van der Waals surface area contributed by atoms with Crippen LogP contribution in [-0.2, 0) is 14.8 Å². The summed E-state index contributed by atoms with van der Waals surface area (Å²) >= 11 is 0. The average Bonchev–Trinajstić information content (AvgIpc) is 3.36. The molecule has 0 aliphatic carbocycles. The molecule has 1 amide bonds. The molecule has 3 aromatic rings. The minimum Gasteiger partial charge on any atom is -0.480 e. The predicted molar refractivity (Wildman–Crippen MR) is 132 cm³/mol. The molecule has 0 bridgehead atoms. The number of hydrazine groups is 1. The standard InChI is InChI=1S/C24H21F3N6O5S/c1-38-24-17(9-12(10-28)11-30-24)39(36,37)33-16-6-5-15(25)18(20(16)27)13-3-4-14-21(19(13)26)31-32-22(14)23(35)29-7-2-8-34/h3-6,9,11,22,31-34H,2,7-8H2,1H3,(H,29,35). The Labute approximate surface area is 220 Å². The summed E-state index contributed by atoms with van der Waals surface area (Å²) in [6.07, 6.45) is 1.40. The SMILES string of the molecule is COc1ncc(C#N)cc1S(=O)(=O)Nc1ccc(F)c(-c2ccc3c(c2F)NNC3C(=O)NCCCO)c1F. The summed E-state index contributed by atoms with van der Waals surface area (Å²) in [5.74, 6) is -4.56. The topological polar surface area (TPSA) is 165 Å². The molecule has 11 nitrogen and oxygen atoms in total. The minimum absolute atomic E-state index is 0.113. The summed E-state index contributed by atoms with van der Waals surface area (Å²) in [5.41, 5.74) is 2.83. The Morgan fingerprint density at radius 2 is 2.00 bits per heavy atom. The molecule has 0 spiro atoms. The van der Waals surface area contributed by atoms with Gasteiger partial charge in [0.1, 0.15) is 17.9 Å². The second-order valence-corrected chi connectivity index (χ2v) is 9.85. The van der Waals surface area contributed by atoms with Gasteiger partial charge in [0.05, 0.1) is 29.6 Å². The summed E-state index contributed by atoms with van der Waals surface area (Å²) in [7, 11) is -3.45. The first-order valence-electron chi connectivity index (χ1n) is 11.3. The molecule has 15 heteroatoms. The number of pyridine rings is 1. The van der Waals surface area contributed by atoms with Crippen LogP contribution in [0, 0.1) is 28.8 Å². The Morgan fingerprint density at radius 1 is 1.23 bits per heavy atom. The highest BCUT2D eigenvalue weighted by molar-refractivity contribution is 7.92. The minimum atomic E-state index is -4.60. The number of ether oxygens (including phenoxy) is 1. The van der Waals surface area contributed by atoms with Gasteiger partial charge < -0.3 is 20.6 Å². The molecule has 39 heavy (non-hydrogen) atoms. The molecule has 1 aromatic heterocycles. The van der Waals surface area contributed by atoms with E-state index in [1.807, 2.05) is 4.72 Å². The molecular weight excluding hydrogens is 541 g/mol. The van der Waals surface area contributed by atoms with Gasteiger partial charge in [0.15, 0.2) is 16.5 Å². The molecule has 0 fully saturated rings. The van der Waals surface area contributed by atoms with Gasteiger partial charge in [-0.25, -0.2) is 32.0 Å². The molecule has 1 unspecified atom stereocenters. The summed E-state index contributed by atoms with van der Waals surface area (Å²) in [6.45, 7) is 0.0551. The average molecular weight is 563 g/mol. The van der Waals surface area contributed by atoms with E-state index in [-0.39, 0.29) is 35.8 Å². The van der Waals surface area contributed by atoms with Gasteiger partial charge in [-0.3, -0.25) is 9.52 Å². The zero-order chi connectivity index (χ0) is 28.3. The van der Waals surface area contributed by atoms with Crippen LogP contribution in [0.1, 0.15) is 23.6 Å². The van der Waals surface area contributed by atoms with Gasteiger partial charge in [-0.1, -0.05) is 12.1 Å². The third kappa shape index (κ3) is 5.30. The molecule has 204 valence electrons. The van der Waals surface area contributed by atoms with Crippen molar-refractivity contribution in [2.45, 2.75) is 17.4 Å². The third-order valence-corrected chi connectivity index (χ3v) is 7.12. The van der Waals surface area contributed by atoms with Crippen LogP contribution < -0.4 is 25.6 Å². The number of fused-ring (bicyclic) bond motifs is 1. The number of amides is 1. The second-order valence-electron chi connectivity index (χ2n) is 8.19. The molecule has 1 aliphatic heterocycles. The van der Waals surface area contributed by atoms with E-state index in [4.69, 9.17) is 15.1 Å². The van der Waals surface area contributed by atoms with Crippen molar-refractivity contribution in [3.8, 4) is 23.1 Å². The van der Waals surface area contributed by atoms with E-state index < -0.39 is 61.1 Å². The number of rotatable bonds is 9. The monoisotopic (exact) mass is 562 g/mol. The van der Waals surface area contributed by atoms with E-state index in [0.717, 1.165) is 37.6 Å². The van der Waals surface area contributed by atoms with Gasteiger partial charge >= 0.3 is 0 Å². The molecule has 2 heterocycles. The van der Waals surface area contributed by atoms with Gasteiger partial charge in [0.2, 0.25) is 11.8 Å². The van der Waals surface area contributed by atoms with Gasteiger partial charge in [-0.2, -0.15) is 5.26 Å². The molecule has 5 N–H and O–H groups in total. The fourth-order valence-corrected chi connectivity index (χ4v) is 5.10. The molecule has 0 radical (unpaired) electrons. The first-order valence-corrected chi connectivity index (χ1v) is 12.8. The number of benzene rings is 2. The fourth-order valence-electron chi connectivity index (χ4n) is 3.89. The maximum Gasteiger partial charge on any atom is 0.267 e. The highest BCUT2D eigenvalue weighted by Gasteiger charge is 2.33. The smallest absolute Gasteiger partial charge is 0.267 e. The van der Waals surface area contributed by atoms with Crippen molar-refractivity contribution in [3.05, 3.63) is 65.1 Å². The van der Waals surface area contributed by atoms with Gasteiger partial charge in [0, 0.05) is 30.5 Å². The van der Waals surface area contributed by atoms with Crippen LogP contribution in [0.5, 0.6) is 5.88 Å². The van der Waals surface area contributed by atoms with Crippen molar-refractivity contribution in [2.75, 3.05) is 30.4 Å². The summed E-state index contributed by atoms with van der Waals surface area (Å²) < 4.78 is 78.8. The van der Waals surface area contributed by atoms with Gasteiger partial charge in [-0.05, 0) is 24.6 Å². The first-order chi connectivity index (χ1) is 18.6. The Bertz CT molecular complexity index is 1600. The molecule has 2 aromatic carbocycles. The number of aromatic nitrogens is 1. The van der Waals surface area contributed by atoms with Crippen LogP contribution in [0.3, 0.4) is 0 Å². The maximum absolute atomic E-state index is 15.5. The molecule has 1 aliphatic rings. The highest BCUT2D eigenvalue weighted by Crippen LogP contribution is 2.40.